The van der Waals surface area contributed by atoms with Crippen molar-refractivity contribution in [2.24, 2.45) is 0 Å². The van der Waals surface area contributed by atoms with Crippen LogP contribution in [-0.4, -0.2) is 50.2 Å². The lowest BCUT2D eigenvalue weighted by Crippen LogP contribution is -2.57. The Hall–Kier alpha value is -3.59. The van der Waals surface area contributed by atoms with Gasteiger partial charge in [-0.3, -0.25) is 14.9 Å². The summed E-state index contributed by atoms with van der Waals surface area (Å²) in [4.78, 5) is 33.1. The monoisotopic (exact) mass is 452 g/mol. The number of phenols is 1. The molecule has 0 saturated carbocycles. The SMILES string of the molecule is Cc1c(C)c2c(c(C)c1O)CCC(C)(C(=O)N[C@@H](CO)C(=O)Nc1nc3ccccc3[nH]1)O2. The maximum atomic E-state index is 13.1. The molecule has 4 rings (SSSR count). The van der Waals surface area contributed by atoms with Crippen molar-refractivity contribution in [1.82, 2.24) is 15.3 Å². The van der Waals surface area contributed by atoms with Crippen molar-refractivity contribution in [2.75, 3.05) is 11.9 Å². The fourth-order valence-corrected chi connectivity index (χ4v) is 4.13. The number of H-pyrrole nitrogens is 1. The summed E-state index contributed by atoms with van der Waals surface area (Å²) in [5.41, 5.74) is 3.30. The van der Waals surface area contributed by atoms with Crippen LogP contribution in [0.4, 0.5) is 5.95 Å². The van der Waals surface area contributed by atoms with Gasteiger partial charge < -0.3 is 25.3 Å². The minimum atomic E-state index is -1.24. The van der Waals surface area contributed by atoms with Gasteiger partial charge in [0.05, 0.1) is 17.6 Å². The van der Waals surface area contributed by atoms with Gasteiger partial charge in [0.1, 0.15) is 17.5 Å². The number of carbonyl (C=O) groups is 2. The Bertz CT molecular complexity index is 1220. The Balaban J connectivity index is 1.50. The van der Waals surface area contributed by atoms with Crippen molar-refractivity contribution in [1.29, 1.82) is 0 Å². The first-order valence-electron chi connectivity index (χ1n) is 10.8. The quantitative estimate of drug-likeness (QED) is 0.403. The summed E-state index contributed by atoms with van der Waals surface area (Å²) in [7, 11) is 0. The second kappa shape index (κ2) is 8.40. The van der Waals surface area contributed by atoms with Gasteiger partial charge in [0, 0.05) is 12.0 Å². The number of nitrogens with zero attached hydrogens (tertiary/aromatic N) is 1. The van der Waals surface area contributed by atoms with Gasteiger partial charge >= 0.3 is 0 Å². The first kappa shape index (κ1) is 22.6. The molecule has 2 atom stereocenters. The highest BCUT2D eigenvalue weighted by Gasteiger charge is 2.42. The molecule has 1 aliphatic heterocycles. The number of aliphatic hydroxyl groups excluding tert-OH is 1. The summed E-state index contributed by atoms with van der Waals surface area (Å²) >= 11 is 0. The predicted molar refractivity (Wildman–Crippen MR) is 123 cm³/mol. The highest BCUT2D eigenvalue weighted by molar-refractivity contribution is 5.98. The third-order valence-electron chi connectivity index (χ3n) is 6.44. The molecular weight excluding hydrogens is 424 g/mol. The first-order chi connectivity index (χ1) is 15.6. The molecule has 33 heavy (non-hydrogen) atoms. The molecule has 9 heteroatoms. The second-order valence-electron chi connectivity index (χ2n) is 8.66. The highest BCUT2D eigenvalue weighted by Crippen LogP contribution is 2.43. The van der Waals surface area contributed by atoms with E-state index in [1.54, 1.807) is 19.9 Å². The number of aromatic hydroxyl groups is 1. The average Bonchev–Trinajstić information content (AvgIpc) is 3.21. The van der Waals surface area contributed by atoms with E-state index < -0.39 is 30.1 Å². The van der Waals surface area contributed by atoms with Crippen LogP contribution in [0.5, 0.6) is 11.5 Å². The van der Waals surface area contributed by atoms with Crippen molar-refractivity contribution in [3.63, 3.8) is 0 Å². The molecule has 1 aromatic heterocycles. The van der Waals surface area contributed by atoms with Gasteiger partial charge in [-0.05, 0) is 62.9 Å². The fraction of sp³-hybridized carbons (Fsp3) is 0.375. The van der Waals surface area contributed by atoms with Crippen molar-refractivity contribution >= 4 is 28.8 Å². The van der Waals surface area contributed by atoms with Gasteiger partial charge in [-0.2, -0.15) is 0 Å². The van der Waals surface area contributed by atoms with E-state index in [2.05, 4.69) is 20.6 Å². The van der Waals surface area contributed by atoms with Crippen molar-refractivity contribution in [2.45, 2.75) is 52.2 Å². The molecule has 2 amide bonds. The lowest BCUT2D eigenvalue weighted by Gasteiger charge is -2.37. The van der Waals surface area contributed by atoms with Gasteiger partial charge in [-0.1, -0.05) is 12.1 Å². The summed E-state index contributed by atoms with van der Waals surface area (Å²) in [5, 5.41) is 25.3. The molecule has 5 N–H and O–H groups in total. The number of aromatic nitrogens is 2. The van der Waals surface area contributed by atoms with Crippen molar-refractivity contribution in [3.8, 4) is 11.5 Å². The van der Waals surface area contributed by atoms with E-state index in [-0.39, 0.29) is 11.7 Å². The van der Waals surface area contributed by atoms with Crippen molar-refractivity contribution in [3.05, 3.63) is 46.5 Å². The molecule has 0 aliphatic carbocycles. The van der Waals surface area contributed by atoms with Gasteiger partial charge in [0.15, 0.2) is 5.60 Å². The standard InChI is InChI=1S/C24H28N4O5/c1-12-13(2)20-15(14(3)19(12)30)9-10-24(4,33-20)22(32)25-18(11-29)21(31)28-23-26-16-7-5-6-8-17(16)27-23/h5-8,18,29-30H,9-11H2,1-4H3,(H,25,32)(H2,26,27,28,31)/t18-,24?/m0/s1. The van der Waals surface area contributed by atoms with E-state index in [0.717, 1.165) is 22.2 Å². The number of amides is 2. The number of phenolic OH excluding ortho intramolecular Hbond substituents is 1. The van der Waals surface area contributed by atoms with Crippen LogP contribution in [0.1, 0.15) is 35.6 Å². The van der Waals surface area contributed by atoms with Crippen LogP contribution in [0.2, 0.25) is 0 Å². The average molecular weight is 453 g/mol. The molecule has 9 nitrogen and oxygen atoms in total. The maximum absolute atomic E-state index is 13.1. The highest BCUT2D eigenvalue weighted by atomic mass is 16.5. The van der Waals surface area contributed by atoms with E-state index in [0.29, 0.717) is 29.7 Å². The van der Waals surface area contributed by atoms with E-state index in [9.17, 15) is 19.8 Å². The van der Waals surface area contributed by atoms with Crippen LogP contribution >= 0.6 is 0 Å². The number of aromatic amines is 1. The van der Waals surface area contributed by atoms with Crippen LogP contribution < -0.4 is 15.4 Å². The van der Waals surface area contributed by atoms with Crippen LogP contribution in [0.3, 0.4) is 0 Å². The molecule has 0 radical (unpaired) electrons. The lowest BCUT2D eigenvalue weighted by molar-refractivity contribution is -0.140. The normalized spacial score (nSPS) is 18.3. The first-order valence-corrected chi connectivity index (χ1v) is 10.8. The van der Waals surface area contributed by atoms with E-state index in [1.807, 2.05) is 32.0 Å². The minimum Gasteiger partial charge on any atom is -0.507 e. The second-order valence-corrected chi connectivity index (χ2v) is 8.66. The van der Waals surface area contributed by atoms with Crippen LogP contribution in [0.25, 0.3) is 11.0 Å². The number of fused-ring (bicyclic) bond motifs is 2. The summed E-state index contributed by atoms with van der Waals surface area (Å²) in [6.45, 7) is 6.55. The van der Waals surface area contributed by atoms with Gasteiger partial charge in [-0.15, -0.1) is 0 Å². The Kier molecular flexibility index (Phi) is 5.75. The molecule has 1 aliphatic rings. The molecule has 0 spiro atoms. The van der Waals surface area contributed by atoms with E-state index in [4.69, 9.17) is 4.74 Å². The van der Waals surface area contributed by atoms with Gasteiger partial charge in [0.25, 0.3) is 11.8 Å². The minimum absolute atomic E-state index is 0.226. The number of hydrogen-bond donors (Lipinski definition) is 5. The van der Waals surface area contributed by atoms with Crippen LogP contribution in [0.15, 0.2) is 24.3 Å². The lowest BCUT2D eigenvalue weighted by atomic mass is 9.86. The molecule has 0 fully saturated rings. The molecule has 2 heterocycles. The zero-order valence-corrected chi connectivity index (χ0v) is 19.1. The third-order valence-corrected chi connectivity index (χ3v) is 6.44. The molecule has 1 unspecified atom stereocenters. The Morgan fingerprint density at radius 2 is 1.94 bits per heavy atom. The molecule has 2 aromatic carbocycles. The zero-order chi connectivity index (χ0) is 23.9. The largest absolute Gasteiger partial charge is 0.507 e. The number of aliphatic hydroxyl groups is 1. The zero-order valence-electron chi connectivity index (χ0n) is 19.1. The summed E-state index contributed by atoms with van der Waals surface area (Å²) in [6.07, 6.45) is 0.896. The summed E-state index contributed by atoms with van der Waals surface area (Å²) in [6, 6.07) is 6.13. The molecule has 0 saturated heterocycles. The molecule has 174 valence electrons. The number of nitrogens with one attached hydrogen (secondary N) is 3. The number of ether oxygens (including phenoxy) is 1. The van der Waals surface area contributed by atoms with Crippen LogP contribution in [0, 0.1) is 20.8 Å². The van der Waals surface area contributed by atoms with Gasteiger partial charge in [0.2, 0.25) is 5.95 Å². The number of rotatable bonds is 5. The summed E-state index contributed by atoms with van der Waals surface area (Å²) < 4.78 is 6.16. The number of benzene rings is 2. The molecule has 3 aromatic rings. The Labute approximate surface area is 191 Å². The molecule has 0 bridgehead atoms. The number of anilines is 1. The topological polar surface area (TPSA) is 137 Å². The Morgan fingerprint density at radius 1 is 1.21 bits per heavy atom. The summed E-state index contributed by atoms with van der Waals surface area (Å²) in [5.74, 6) is -0.0546. The smallest absolute Gasteiger partial charge is 0.264 e. The maximum Gasteiger partial charge on any atom is 0.264 e. The molecular formula is C24H28N4O5. The number of carbonyl (C=O) groups excluding carboxylic acids is 2. The predicted octanol–water partition coefficient (Wildman–Crippen LogP) is 2.39. The van der Waals surface area contributed by atoms with E-state index >= 15 is 0 Å². The Morgan fingerprint density at radius 3 is 2.64 bits per heavy atom. The third kappa shape index (κ3) is 4.00. The van der Waals surface area contributed by atoms with E-state index in [1.165, 1.54) is 0 Å². The van der Waals surface area contributed by atoms with Crippen LogP contribution in [-0.2, 0) is 16.0 Å². The van der Waals surface area contributed by atoms with Gasteiger partial charge in [-0.25, -0.2) is 4.98 Å². The number of hydrogen-bond acceptors (Lipinski definition) is 6. The fourth-order valence-electron chi connectivity index (χ4n) is 4.13. The number of imidazole rings is 1. The van der Waals surface area contributed by atoms with Crippen molar-refractivity contribution < 1.29 is 24.5 Å². The number of para-hydroxylation sites is 2.